The van der Waals surface area contributed by atoms with Crippen LogP contribution in [0.4, 0.5) is 5.69 Å². The van der Waals surface area contributed by atoms with Gasteiger partial charge in [-0.25, -0.2) is 4.98 Å². The summed E-state index contributed by atoms with van der Waals surface area (Å²) < 4.78 is 9.78. The first-order chi connectivity index (χ1) is 15.1. The van der Waals surface area contributed by atoms with Crippen molar-refractivity contribution in [3.8, 4) is 12.8 Å². The number of aromatic nitrogens is 1. The molecule has 1 amide bonds. The van der Waals surface area contributed by atoms with E-state index in [1.165, 1.54) is 16.2 Å². The van der Waals surface area contributed by atoms with E-state index in [1.807, 2.05) is 18.2 Å². The number of amides is 1. The van der Waals surface area contributed by atoms with Gasteiger partial charge < -0.3 is 14.8 Å². The monoisotopic (exact) mass is 444 g/mol. The SMILES string of the molecule is C#C.C/C=C/N(C=N)C(=O)c1cc2c(NCCOC)ccnc2s1.CC/C=C\COC. The van der Waals surface area contributed by atoms with Crippen molar-refractivity contribution in [3.05, 3.63) is 47.6 Å². The van der Waals surface area contributed by atoms with Gasteiger partial charge in [-0.2, -0.15) is 0 Å². The van der Waals surface area contributed by atoms with Crippen LogP contribution in [0.5, 0.6) is 0 Å². The summed E-state index contributed by atoms with van der Waals surface area (Å²) >= 11 is 1.32. The van der Waals surface area contributed by atoms with E-state index in [0.717, 1.165) is 35.3 Å². The first kappa shape index (κ1) is 28.0. The van der Waals surface area contributed by atoms with Crippen LogP contribution in [0.15, 0.2) is 42.8 Å². The maximum absolute atomic E-state index is 12.4. The van der Waals surface area contributed by atoms with E-state index in [1.54, 1.807) is 39.6 Å². The van der Waals surface area contributed by atoms with E-state index < -0.39 is 0 Å². The third-order valence-corrected chi connectivity index (χ3v) is 4.65. The predicted octanol–water partition coefficient (Wildman–Crippen LogP) is 4.79. The summed E-state index contributed by atoms with van der Waals surface area (Å²) in [6.45, 7) is 5.93. The van der Waals surface area contributed by atoms with Gasteiger partial charge in [-0.3, -0.25) is 15.1 Å². The van der Waals surface area contributed by atoms with Gasteiger partial charge in [-0.15, -0.1) is 24.2 Å². The molecule has 2 aromatic rings. The van der Waals surface area contributed by atoms with Crippen molar-refractivity contribution >= 4 is 39.5 Å². The third kappa shape index (κ3) is 10.0. The van der Waals surface area contributed by atoms with E-state index in [4.69, 9.17) is 14.9 Å². The second kappa shape index (κ2) is 17.8. The Balaban J connectivity index is 0.000000852. The van der Waals surface area contributed by atoms with Crippen LogP contribution < -0.4 is 5.32 Å². The first-order valence-electron chi connectivity index (χ1n) is 9.67. The molecule has 2 aromatic heterocycles. The summed E-state index contributed by atoms with van der Waals surface area (Å²) in [7, 11) is 3.35. The first-order valence-corrected chi connectivity index (χ1v) is 10.5. The molecule has 0 aliphatic rings. The Morgan fingerprint density at radius 3 is 2.65 bits per heavy atom. The molecule has 0 saturated heterocycles. The molecule has 2 N–H and O–H groups in total. The van der Waals surface area contributed by atoms with Crippen LogP contribution in [0.3, 0.4) is 0 Å². The summed E-state index contributed by atoms with van der Waals surface area (Å²) in [6.07, 6.45) is 19.2. The molecular formula is C23H32N4O3S. The van der Waals surface area contributed by atoms with Gasteiger partial charge in [0.15, 0.2) is 0 Å². The van der Waals surface area contributed by atoms with Gasteiger partial charge in [-0.05, 0) is 25.5 Å². The molecule has 7 nitrogen and oxygen atoms in total. The average molecular weight is 445 g/mol. The number of hydrogen-bond acceptors (Lipinski definition) is 7. The minimum Gasteiger partial charge on any atom is -0.383 e. The fourth-order valence-corrected chi connectivity index (χ4v) is 3.25. The third-order valence-electron chi connectivity index (χ3n) is 3.62. The van der Waals surface area contributed by atoms with Crippen LogP contribution in [-0.4, -0.2) is 56.1 Å². The number of rotatable bonds is 10. The highest BCUT2D eigenvalue weighted by atomic mass is 32.1. The quantitative estimate of drug-likeness (QED) is 0.181. The van der Waals surface area contributed by atoms with Gasteiger partial charge in [0.25, 0.3) is 5.91 Å². The lowest BCUT2D eigenvalue weighted by atomic mass is 10.2. The highest BCUT2D eigenvalue weighted by molar-refractivity contribution is 7.20. The van der Waals surface area contributed by atoms with Crippen LogP contribution in [0.25, 0.3) is 10.2 Å². The number of nitrogens with zero attached hydrogens (tertiary/aromatic N) is 2. The summed E-state index contributed by atoms with van der Waals surface area (Å²) in [5.74, 6) is -0.237. The Morgan fingerprint density at radius 2 is 2.06 bits per heavy atom. The maximum atomic E-state index is 12.4. The molecule has 8 heteroatoms. The minimum atomic E-state index is -0.237. The molecule has 168 valence electrons. The zero-order valence-corrected chi connectivity index (χ0v) is 19.4. The molecule has 0 aromatic carbocycles. The lowest BCUT2D eigenvalue weighted by Crippen LogP contribution is -2.22. The average Bonchev–Trinajstić information content (AvgIpc) is 3.25. The van der Waals surface area contributed by atoms with Crippen LogP contribution in [-0.2, 0) is 9.47 Å². The molecule has 2 rings (SSSR count). The lowest BCUT2D eigenvalue weighted by Gasteiger charge is -2.09. The number of fused-ring (bicyclic) bond motifs is 1. The highest BCUT2D eigenvalue weighted by Gasteiger charge is 2.16. The van der Waals surface area contributed by atoms with Crippen molar-refractivity contribution < 1.29 is 14.3 Å². The van der Waals surface area contributed by atoms with E-state index in [-0.39, 0.29) is 5.91 Å². The summed E-state index contributed by atoms with van der Waals surface area (Å²) in [5, 5.41) is 11.5. The molecule has 0 bridgehead atoms. The van der Waals surface area contributed by atoms with Crippen molar-refractivity contribution in [2.45, 2.75) is 20.3 Å². The van der Waals surface area contributed by atoms with Gasteiger partial charge in [0.05, 0.1) is 24.4 Å². The number of ether oxygens (including phenoxy) is 2. The van der Waals surface area contributed by atoms with Gasteiger partial charge >= 0.3 is 0 Å². The zero-order chi connectivity index (χ0) is 23.5. The number of carbonyl (C=O) groups is 1. The molecule has 0 unspecified atom stereocenters. The molecule has 31 heavy (non-hydrogen) atoms. The standard InChI is InChI=1S/C15H18N4O2S.C6H12O.C2H2/c1-3-7-19(10-16)15(20)13-9-11-12(17-6-8-21-2)4-5-18-14(11)22-13;1-3-4-5-6-7-2;1-2/h3-5,7,9-10,16H,6,8H2,1-2H3,(H,17,18);4-5H,3,6H2,1-2H3;1-2H/b7-3+,16-10?;5-4-;. The Kier molecular flexibility index (Phi) is 16.1. The molecule has 0 aliphatic carbocycles. The number of anilines is 1. The number of allylic oxidation sites excluding steroid dienone is 2. The lowest BCUT2D eigenvalue weighted by molar-refractivity contribution is 0.0895. The Labute approximate surface area is 189 Å². The Bertz CT molecular complexity index is 859. The number of terminal acetylenes is 1. The van der Waals surface area contributed by atoms with Crippen LogP contribution in [0, 0.1) is 18.3 Å². The van der Waals surface area contributed by atoms with E-state index in [2.05, 4.69) is 36.1 Å². The van der Waals surface area contributed by atoms with Gasteiger partial charge in [0.2, 0.25) is 0 Å². The molecule has 0 saturated carbocycles. The highest BCUT2D eigenvalue weighted by Crippen LogP contribution is 2.30. The second-order valence-corrected chi connectivity index (χ2v) is 6.80. The summed E-state index contributed by atoms with van der Waals surface area (Å²) in [4.78, 5) is 19.3. The van der Waals surface area contributed by atoms with Crippen molar-refractivity contribution in [2.75, 3.05) is 39.3 Å². The largest absolute Gasteiger partial charge is 0.383 e. The van der Waals surface area contributed by atoms with Gasteiger partial charge in [0, 0.05) is 44.2 Å². The Hall–Kier alpha value is -2.99. The number of methoxy groups -OCH3 is 2. The summed E-state index contributed by atoms with van der Waals surface area (Å²) in [6, 6.07) is 3.68. The fraction of sp³-hybridized carbons (Fsp3) is 0.348. The normalized spacial score (nSPS) is 10.3. The van der Waals surface area contributed by atoms with Crippen LogP contribution in [0.1, 0.15) is 29.9 Å². The fourth-order valence-electron chi connectivity index (χ4n) is 2.27. The molecule has 0 atom stereocenters. The number of nitrogens with one attached hydrogen (secondary N) is 2. The number of carbonyl (C=O) groups excluding carboxylic acids is 1. The molecule has 0 spiro atoms. The molecular weight excluding hydrogens is 412 g/mol. The number of hydrogen-bond donors (Lipinski definition) is 2. The number of pyridine rings is 1. The van der Waals surface area contributed by atoms with Gasteiger partial charge in [-0.1, -0.05) is 25.2 Å². The molecule has 0 fully saturated rings. The second-order valence-electron chi connectivity index (χ2n) is 5.77. The van der Waals surface area contributed by atoms with E-state index in [0.29, 0.717) is 18.0 Å². The van der Waals surface area contributed by atoms with Gasteiger partial charge in [0.1, 0.15) is 4.83 Å². The Morgan fingerprint density at radius 1 is 1.32 bits per heavy atom. The van der Waals surface area contributed by atoms with Crippen molar-refractivity contribution in [1.29, 1.82) is 5.41 Å². The smallest absolute Gasteiger partial charge is 0.273 e. The van der Waals surface area contributed by atoms with Crippen LogP contribution in [0.2, 0.25) is 0 Å². The van der Waals surface area contributed by atoms with Crippen molar-refractivity contribution in [2.24, 2.45) is 0 Å². The summed E-state index contributed by atoms with van der Waals surface area (Å²) in [5.41, 5.74) is 0.921. The molecule has 0 radical (unpaired) electrons. The molecule has 2 heterocycles. The topological polar surface area (TPSA) is 87.5 Å². The van der Waals surface area contributed by atoms with E-state index in [9.17, 15) is 4.79 Å². The zero-order valence-electron chi connectivity index (χ0n) is 18.6. The van der Waals surface area contributed by atoms with Crippen LogP contribution >= 0.6 is 11.3 Å². The maximum Gasteiger partial charge on any atom is 0.273 e. The van der Waals surface area contributed by atoms with Crippen molar-refractivity contribution in [1.82, 2.24) is 9.88 Å². The molecule has 0 aliphatic heterocycles. The van der Waals surface area contributed by atoms with Crippen molar-refractivity contribution in [3.63, 3.8) is 0 Å². The minimum absolute atomic E-state index is 0.237. The predicted molar refractivity (Wildman–Crippen MR) is 131 cm³/mol. The number of thiophene rings is 1. The van der Waals surface area contributed by atoms with E-state index >= 15 is 0 Å².